The van der Waals surface area contributed by atoms with Gasteiger partial charge in [-0.3, -0.25) is 14.7 Å². The summed E-state index contributed by atoms with van der Waals surface area (Å²) >= 11 is 0. The fourth-order valence-electron chi connectivity index (χ4n) is 1.59. The molecule has 0 bridgehead atoms. The van der Waals surface area contributed by atoms with Crippen LogP contribution in [0.15, 0.2) is 18.2 Å². The minimum absolute atomic E-state index is 0.00441. The van der Waals surface area contributed by atoms with E-state index < -0.39 is 18.3 Å². The van der Waals surface area contributed by atoms with Crippen molar-refractivity contribution in [2.75, 3.05) is 13.2 Å². The highest BCUT2D eigenvalue weighted by Crippen LogP contribution is 2.52. The molecule has 0 atom stereocenters. The van der Waals surface area contributed by atoms with Crippen molar-refractivity contribution >= 4 is 13.3 Å². The van der Waals surface area contributed by atoms with Gasteiger partial charge >= 0.3 is 7.60 Å². The zero-order valence-electron chi connectivity index (χ0n) is 10.7. The van der Waals surface area contributed by atoms with Crippen LogP contribution < -0.4 is 0 Å². The third-order valence-electron chi connectivity index (χ3n) is 2.25. The molecule has 0 saturated heterocycles. The second-order valence-corrected chi connectivity index (χ2v) is 5.69. The van der Waals surface area contributed by atoms with Crippen LogP contribution >= 0.6 is 7.60 Å². The highest BCUT2D eigenvalue weighted by Gasteiger charge is 2.28. The fraction of sp³-hybridized carbons (Fsp3) is 0.455. The molecule has 0 N–H and O–H groups in total. The third-order valence-corrected chi connectivity index (χ3v) is 4.28. The first kappa shape index (κ1) is 15.8. The molecule has 19 heavy (non-hydrogen) atoms. The smallest absolute Gasteiger partial charge is 0.309 e. The Hall–Kier alpha value is -1.30. The number of hydrogen-bond donors (Lipinski definition) is 0. The summed E-state index contributed by atoms with van der Waals surface area (Å²) in [5.41, 5.74) is -0.309. The number of halogens is 1. The second-order valence-electron chi connectivity index (χ2n) is 3.63. The fourth-order valence-corrected chi connectivity index (χ4v) is 3.30. The molecule has 0 heterocycles. The summed E-state index contributed by atoms with van der Waals surface area (Å²) in [7, 11) is -3.50. The zero-order valence-corrected chi connectivity index (χ0v) is 11.6. The number of hydrogen-bond acceptors (Lipinski definition) is 5. The van der Waals surface area contributed by atoms with Crippen LogP contribution in [0.2, 0.25) is 0 Å². The van der Waals surface area contributed by atoms with Crippen LogP contribution in [-0.2, 0) is 19.8 Å². The quantitative estimate of drug-likeness (QED) is 0.436. The van der Waals surface area contributed by atoms with Crippen molar-refractivity contribution in [3.63, 3.8) is 0 Å². The van der Waals surface area contributed by atoms with E-state index in [4.69, 9.17) is 9.05 Å². The van der Waals surface area contributed by atoms with Crippen molar-refractivity contribution in [3.05, 3.63) is 39.7 Å². The largest absolute Gasteiger partial charge is 0.335 e. The summed E-state index contributed by atoms with van der Waals surface area (Å²) in [6.45, 7) is 3.54. The molecule has 1 aromatic carbocycles. The topological polar surface area (TPSA) is 78.7 Å². The van der Waals surface area contributed by atoms with Crippen molar-refractivity contribution in [2.45, 2.75) is 20.0 Å². The maximum Gasteiger partial charge on any atom is 0.335 e. The molecule has 0 aliphatic rings. The van der Waals surface area contributed by atoms with Gasteiger partial charge in [-0.05, 0) is 26.0 Å². The Bertz CT molecular complexity index is 498. The molecule has 0 fully saturated rings. The molecule has 8 heteroatoms. The number of benzene rings is 1. The van der Waals surface area contributed by atoms with Crippen LogP contribution in [0.4, 0.5) is 10.1 Å². The van der Waals surface area contributed by atoms with Gasteiger partial charge in [0.05, 0.1) is 24.3 Å². The van der Waals surface area contributed by atoms with E-state index in [1.54, 1.807) is 13.8 Å². The molecule has 106 valence electrons. The molecular weight excluding hydrogens is 276 g/mol. The normalized spacial score (nSPS) is 11.5. The van der Waals surface area contributed by atoms with Crippen molar-refractivity contribution in [1.29, 1.82) is 0 Å². The highest BCUT2D eigenvalue weighted by atomic mass is 31.2. The maximum absolute atomic E-state index is 13.2. The maximum atomic E-state index is 13.2. The molecule has 6 nitrogen and oxygen atoms in total. The number of nitrogens with zero attached hydrogens (tertiary/aromatic N) is 1. The average molecular weight is 291 g/mol. The summed E-state index contributed by atoms with van der Waals surface area (Å²) in [6.07, 6.45) is -0.331. The Morgan fingerprint density at radius 2 is 1.89 bits per heavy atom. The Morgan fingerprint density at radius 3 is 2.37 bits per heavy atom. The lowest BCUT2D eigenvalue weighted by Crippen LogP contribution is -2.02. The summed E-state index contributed by atoms with van der Waals surface area (Å²) in [5, 5.41) is 10.8. The number of nitro benzene ring substituents is 1. The van der Waals surface area contributed by atoms with Crippen LogP contribution in [0.1, 0.15) is 19.4 Å². The van der Waals surface area contributed by atoms with Gasteiger partial charge in [0, 0.05) is 11.6 Å². The van der Waals surface area contributed by atoms with E-state index in [-0.39, 0.29) is 30.6 Å². The average Bonchev–Trinajstić information content (AvgIpc) is 2.28. The van der Waals surface area contributed by atoms with Crippen LogP contribution in [0.3, 0.4) is 0 Å². The number of nitro groups is 1. The molecule has 0 amide bonds. The van der Waals surface area contributed by atoms with E-state index in [0.29, 0.717) is 0 Å². The summed E-state index contributed by atoms with van der Waals surface area (Å²) < 4.78 is 35.5. The lowest BCUT2D eigenvalue weighted by atomic mass is 10.2. The molecule has 0 aromatic heterocycles. The van der Waals surface area contributed by atoms with Gasteiger partial charge in [-0.1, -0.05) is 0 Å². The Balaban J connectivity index is 3.11. The molecule has 0 radical (unpaired) electrons. The standard InChI is InChI=1S/C11H15FNO5P/c1-3-17-19(16,18-4-2)8-9-7-10(12)5-6-11(9)13(14)15/h5-7H,3-4,8H2,1-2H3. The first-order valence-electron chi connectivity index (χ1n) is 5.72. The highest BCUT2D eigenvalue weighted by molar-refractivity contribution is 7.53. The third kappa shape index (κ3) is 4.38. The van der Waals surface area contributed by atoms with Crippen molar-refractivity contribution in [2.24, 2.45) is 0 Å². The molecule has 1 aromatic rings. The van der Waals surface area contributed by atoms with E-state index in [1.165, 1.54) is 0 Å². The Morgan fingerprint density at radius 1 is 1.32 bits per heavy atom. The van der Waals surface area contributed by atoms with Gasteiger partial charge in [-0.15, -0.1) is 0 Å². The van der Waals surface area contributed by atoms with E-state index >= 15 is 0 Å². The minimum atomic E-state index is -3.50. The molecule has 0 aliphatic carbocycles. The predicted octanol–water partition coefficient (Wildman–Crippen LogP) is 3.50. The van der Waals surface area contributed by atoms with E-state index in [2.05, 4.69) is 0 Å². The first-order chi connectivity index (χ1) is 8.91. The Kier molecular flexibility index (Phi) is 5.60. The molecule has 0 unspecified atom stereocenters. The lowest BCUT2D eigenvalue weighted by Gasteiger charge is -2.16. The lowest BCUT2D eigenvalue weighted by molar-refractivity contribution is -0.385. The van der Waals surface area contributed by atoms with Gasteiger partial charge in [-0.25, -0.2) is 4.39 Å². The van der Waals surface area contributed by atoms with Crippen molar-refractivity contribution in [3.8, 4) is 0 Å². The van der Waals surface area contributed by atoms with Crippen molar-refractivity contribution < 1.29 is 22.9 Å². The van der Waals surface area contributed by atoms with Crippen molar-refractivity contribution in [1.82, 2.24) is 0 Å². The first-order valence-corrected chi connectivity index (χ1v) is 7.45. The van der Waals surface area contributed by atoms with Crippen LogP contribution in [0.25, 0.3) is 0 Å². The Labute approximate surface area is 110 Å². The zero-order chi connectivity index (χ0) is 14.5. The monoisotopic (exact) mass is 291 g/mol. The molecule has 0 saturated carbocycles. The van der Waals surface area contributed by atoms with Gasteiger partial charge < -0.3 is 9.05 Å². The second kappa shape index (κ2) is 6.75. The van der Waals surface area contributed by atoms with Gasteiger partial charge in [0.15, 0.2) is 0 Å². The van der Waals surface area contributed by atoms with E-state index in [9.17, 15) is 19.1 Å². The van der Waals surface area contributed by atoms with Gasteiger partial charge in [0.1, 0.15) is 5.82 Å². The minimum Gasteiger partial charge on any atom is -0.309 e. The van der Waals surface area contributed by atoms with E-state index in [1.807, 2.05) is 0 Å². The summed E-state index contributed by atoms with van der Waals surface area (Å²) in [6, 6.07) is 2.99. The van der Waals surface area contributed by atoms with Gasteiger partial charge in [0.25, 0.3) is 5.69 Å². The van der Waals surface area contributed by atoms with Crippen LogP contribution in [0, 0.1) is 15.9 Å². The molecule has 0 spiro atoms. The number of rotatable bonds is 7. The van der Waals surface area contributed by atoms with Crippen LogP contribution in [0.5, 0.6) is 0 Å². The summed E-state index contributed by atoms with van der Waals surface area (Å²) in [5.74, 6) is -0.639. The van der Waals surface area contributed by atoms with Gasteiger partial charge in [-0.2, -0.15) is 0 Å². The SMILES string of the molecule is CCOP(=O)(Cc1cc(F)ccc1[N+](=O)[O-])OCC. The van der Waals surface area contributed by atoms with E-state index in [0.717, 1.165) is 18.2 Å². The summed E-state index contributed by atoms with van der Waals surface area (Å²) in [4.78, 5) is 10.2. The molecule has 1 rings (SSSR count). The molecular formula is C11H15FNO5P. The van der Waals surface area contributed by atoms with Gasteiger partial charge in [0.2, 0.25) is 0 Å². The predicted molar refractivity (Wildman–Crippen MR) is 67.6 cm³/mol. The molecule has 0 aliphatic heterocycles. The van der Waals surface area contributed by atoms with Crippen LogP contribution in [-0.4, -0.2) is 18.1 Å².